The quantitative estimate of drug-likeness (QED) is 0.256. The molecule has 0 rings (SSSR count). The molecule has 20 heavy (non-hydrogen) atoms. The number of ether oxygens (including phenoxy) is 1. The van der Waals surface area contributed by atoms with E-state index in [9.17, 15) is 4.79 Å². The highest BCUT2D eigenvalue weighted by Crippen LogP contribution is 2.11. The first kappa shape index (κ1) is 21.3. The Bertz CT molecular complexity index is 228. The van der Waals surface area contributed by atoms with E-state index in [1.165, 1.54) is 57.8 Å². The first-order valence-corrected chi connectivity index (χ1v) is 8.17. The Morgan fingerprint density at radius 2 is 1.25 bits per heavy atom. The van der Waals surface area contributed by atoms with Gasteiger partial charge in [0.05, 0.1) is 6.61 Å². The van der Waals surface area contributed by atoms with E-state index in [0.29, 0.717) is 13.0 Å². The summed E-state index contributed by atoms with van der Waals surface area (Å²) in [4.78, 5) is 11.1. The Labute approximate surface area is 126 Å². The summed E-state index contributed by atoms with van der Waals surface area (Å²) < 4.78 is 4.89. The number of rotatable bonds is 12. The molecule has 2 nitrogen and oxygen atoms in total. The summed E-state index contributed by atoms with van der Waals surface area (Å²) in [7, 11) is 0. The normalized spacial score (nSPS) is 9.30. The monoisotopic (exact) mass is 282 g/mol. The second-order valence-electron chi connectivity index (χ2n) is 4.99. The van der Waals surface area contributed by atoms with E-state index in [1.807, 2.05) is 6.92 Å². The lowest BCUT2D eigenvalue weighted by atomic mass is 10.1. The molecule has 118 valence electrons. The van der Waals surface area contributed by atoms with Crippen molar-refractivity contribution in [3.63, 3.8) is 0 Å². The minimum atomic E-state index is -0.0351. The molecule has 0 spiro atoms. The minimum absolute atomic E-state index is 0.0351. The highest BCUT2D eigenvalue weighted by atomic mass is 16.5. The lowest BCUT2D eigenvalue weighted by Gasteiger charge is -2.02. The van der Waals surface area contributed by atoms with Crippen molar-refractivity contribution < 1.29 is 9.53 Å². The average Bonchev–Trinajstić information content (AvgIpc) is 2.42. The Balaban J connectivity index is 0. The van der Waals surface area contributed by atoms with Gasteiger partial charge in [0, 0.05) is 6.42 Å². The Kier molecular flexibility index (Phi) is 21.6. The lowest BCUT2D eigenvalue weighted by Crippen LogP contribution is -2.03. The number of hydrogen-bond acceptors (Lipinski definition) is 2. The third-order valence-electron chi connectivity index (χ3n) is 3.04. The summed E-state index contributed by atoms with van der Waals surface area (Å²) in [6.07, 6.45) is 13.6. The van der Waals surface area contributed by atoms with Gasteiger partial charge in [-0.05, 0) is 13.3 Å². The summed E-state index contributed by atoms with van der Waals surface area (Å²) >= 11 is 0. The number of esters is 1. The van der Waals surface area contributed by atoms with Crippen LogP contribution in [0.25, 0.3) is 0 Å². The van der Waals surface area contributed by atoms with E-state index < -0.39 is 0 Å². The molecule has 0 atom stereocenters. The van der Waals surface area contributed by atoms with E-state index in [4.69, 9.17) is 4.74 Å². The summed E-state index contributed by atoms with van der Waals surface area (Å²) in [5, 5.41) is 0. The molecular formula is C18H34O2. The van der Waals surface area contributed by atoms with Gasteiger partial charge in [-0.15, -0.1) is 5.73 Å². The van der Waals surface area contributed by atoms with Gasteiger partial charge in [0.2, 0.25) is 0 Å². The average molecular weight is 282 g/mol. The predicted octanol–water partition coefficient (Wildman–Crippen LogP) is 5.82. The fourth-order valence-corrected chi connectivity index (χ4v) is 1.99. The van der Waals surface area contributed by atoms with E-state index in [-0.39, 0.29) is 5.97 Å². The molecule has 2 heteroatoms. The molecule has 0 saturated heterocycles. The highest BCUT2D eigenvalue weighted by molar-refractivity contribution is 5.69. The van der Waals surface area contributed by atoms with Crippen molar-refractivity contribution in [2.75, 3.05) is 6.61 Å². The van der Waals surface area contributed by atoms with Crippen molar-refractivity contribution in [1.82, 2.24) is 0 Å². The molecule has 0 aliphatic rings. The van der Waals surface area contributed by atoms with Gasteiger partial charge in [-0.25, -0.2) is 0 Å². The van der Waals surface area contributed by atoms with Crippen molar-refractivity contribution >= 4 is 5.97 Å². The van der Waals surface area contributed by atoms with E-state index >= 15 is 0 Å². The second-order valence-corrected chi connectivity index (χ2v) is 4.99. The molecular weight excluding hydrogens is 248 g/mol. The third-order valence-corrected chi connectivity index (χ3v) is 3.04. The standard InChI is InChI=1S/C15H30O2.C3H4/c1-3-5-6-7-8-9-10-11-12-13-14-15(16)17-4-2;1-3-2/h3-14H2,1-2H3;1-2H2. The fourth-order valence-electron chi connectivity index (χ4n) is 1.99. The Hall–Kier alpha value is -1.01. The van der Waals surface area contributed by atoms with Gasteiger partial charge in [-0.2, -0.15) is 0 Å². The molecule has 0 aliphatic carbocycles. The lowest BCUT2D eigenvalue weighted by molar-refractivity contribution is -0.143. The summed E-state index contributed by atoms with van der Waals surface area (Å²) in [6.45, 7) is 10.9. The molecule has 0 saturated carbocycles. The number of carbonyl (C=O) groups is 1. The summed E-state index contributed by atoms with van der Waals surface area (Å²) in [5.74, 6) is -0.0351. The zero-order valence-electron chi connectivity index (χ0n) is 13.7. The largest absolute Gasteiger partial charge is 0.466 e. The maximum absolute atomic E-state index is 11.1. The second kappa shape index (κ2) is 20.3. The molecule has 0 aromatic carbocycles. The van der Waals surface area contributed by atoms with Gasteiger partial charge in [0.15, 0.2) is 0 Å². The van der Waals surface area contributed by atoms with Gasteiger partial charge in [-0.1, -0.05) is 77.9 Å². The van der Waals surface area contributed by atoms with Crippen molar-refractivity contribution in [2.24, 2.45) is 0 Å². The van der Waals surface area contributed by atoms with Crippen LogP contribution >= 0.6 is 0 Å². The molecule has 0 heterocycles. The molecule has 0 aliphatic heterocycles. The van der Waals surface area contributed by atoms with Crippen LogP contribution in [0.1, 0.15) is 84.5 Å². The van der Waals surface area contributed by atoms with Crippen LogP contribution in [0, 0.1) is 0 Å². The number of carbonyl (C=O) groups excluding carboxylic acids is 1. The molecule has 0 aromatic heterocycles. The maximum Gasteiger partial charge on any atom is 0.305 e. The van der Waals surface area contributed by atoms with Crippen LogP contribution in [0.3, 0.4) is 0 Å². The van der Waals surface area contributed by atoms with Crippen molar-refractivity contribution in [3.05, 3.63) is 18.9 Å². The number of unbranched alkanes of at least 4 members (excludes halogenated alkanes) is 9. The summed E-state index contributed by atoms with van der Waals surface area (Å²) in [6, 6.07) is 0. The van der Waals surface area contributed by atoms with Crippen LogP contribution in [0.4, 0.5) is 0 Å². The predicted molar refractivity (Wildman–Crippen MR) is 87.9 cm³/mol. The van der Waals surface area contributed by atoms with Crippen LogP contribution in [0.2, 0.25) is 0 Å². The van der Waals surface area contributed by atoms with Crippen molar-refractivity contribution in [1.29, 1.82) is 0 Å². The first-order valence-electron chi connectivity index (χ1n) is 8.17. The van der Waals surface area contributed by atoms with Gasteiger partial charge in [0.1, 0.15) is 0 Å². The van der Waals surface area contributed by atoms with Crippen LogP contribution < -0.4 is 0 Å². The van der Waals surface area contributed by atoms with Crippen molar-refractivity contribution in [2.45, 2.75) is 84.5 Å². The van der Waals surface area contributed by atoms with E-state index in [0.717, 1.165) is 6.42 Å². The van der Waals surface area contributed by atoms with Crippen LogP contribution in [0.5, 0.6) is 0 Å². The smallest absolute Gasteiger partial charge is 0.305 e. The van der Waals surface area contributed by atoms with Gasteiger partial charge < -0.3 is 4.74 Å². The van der Waals surface area contributed by atoms with E-state index in [1.54, 1.807) is 0 Å². The minimum Gasteiger partial charge on any atom is -0.466 e. The van der Waals surface area contributed by atoms with Crippen LogP contribution in [-0.2, 0) is 9.53 Å². The van der Waals surface area contributed by atoms with Gasteiger partial charge in [-0.3, -0.25) is 4.79 Å². The molecule has 0 radical (unpaired) electrons. The molecule has 0 fully saturated rings. The Morgan fingerprint density at radius 1 is 0.850 bits per heavy atom. The molecule has 0 N–H and O–H groups in total. The van der Waals surface area contributed by atoms with E-state index in [2.05, 4.69) is 25.8 Å². The first-order chi connectivity index (χ1) is 9.72. The zero-order chi connectivity index (χ0) is 15.5. The summed E-state index contributed by atoms with van der Waals surface area (Å²) in [5.41, 5.74) is 2.25. The van der Waals surface area contributed by atoms with Gasteiger partial charge >= 0.3 is 5.97 Å². The zero-order valence-corrected chi connectivity index (χ0v) is 13.7. The molecule has 0 aromatic rings. The fraction of sp³-hybridized carbons (Fsp3) is 0.778. The van der Waals surface area contributed by atoms with Crippen LogP contribution in [0.15, 0.2) is 18.9 Å². The van der Waals surface area contributed by atoms with Gasteiger partial charge in [0.25, 0.3) is 0 Å². The van der Waals surface area contributed by atoms with Crippen molar-refractivity contribution in [3.8, 4) is 0 Å². The number of hydrogen-bond donors (Lipinski definition) is 0. The highest BCUT2D eigenvalue weighted by Gasteiger charge is 2.00. The molecule has 0 amide bonds. The topological polar surface area (TPSA) is 26.3 Å². The Morgan fingerprint density at radius 3 is 1.65 bits per heavy atom. The third kappa shape index (κ3) is 22.2. The maximum atomic E-state index is 11.1. The molecule has 0 bridgehead atoms. The SMILES string of the molecule is C=C=C.CCCCCCCCCCCCC(=O)OCC. The molecule has 0 unspecified atom stereocenters. The van der Waals surface area contributed by atoms with Crippen LogP contribution in [-0.4, -0.2) is 12.6 Å².